The minimum atomic E-state index is 0.0945. The van der Waals surface area contributed by atoms with Gasteiger partial charge in [-0.15, -0.1) is 0 Å². The fourth-order valence-corrected chi connectivity index (χ4v) is 1.78. The molecule has 3 nitrogen and oxygen atoms in total. The molecular formula is C10H20O3. The lowest BCUT2D eigenvalue weighted by Crippen LogP contribution is -2.26. The van der Waals surface area contributed by atoms with E-state index in [9.17, 15) is 0 Å². The van der Waals surface area contributed by atoms with Crippen LogP contribution in [0.15, 0.2) is 0 Å². The van der Waals surface area contributed by atoms with Gasteiger partial charge < -0.3 is 14.6 Å². The number of aliphatic hydroxyl groups excluding tert-OH is 1. The molecule has 0 spiro atoms. The Hall–Kier alpha value is -0.120. The third kappa shape index (κ3) is 4.07. The number of hydrogen-bond donors (Lipinski definition) is 1. The molecule has 1 aliphatic carbocycles. The summed E-state index contributed by atoms with van der Waals surface area (Å²) in [5.41, 5.74) is 0.0998. The van der Waals surface area contributed by atoms with Crippen LogP contribution in [-0.4, -0.2) is 37.1 Å². The molecule has 0 unspecified atom stereocenters. The Labute approximate surface area is 80.0 Å². The van der Waals surface area contributed by atoms with Crippen molar-refractivity contribution in [3.63, 3.8) is 0 Å². The van der Waals surface area contributed by atoms with Crippen molar-refractivity contribution in [1.29, 1.82) is 0 Å². The van der Waals surface area contributed by atoms with Crippen LogP contribution in [0.3, 0.4) is 0 Å². The standard InChI is InChI=1S/C10H20O3/c1-10(4-2-3-5-10)13-9-8-12-7-6-11/h11H,2-9H2,1H3. The largest absolute Gasteiger partial charge is 0.394 e. The lowest BCUT2D eigenvalue weighted by Gasteiger charge is -2.24. The summed E-state index contributed by atoms with van der Waals surface area (Å²) in [6.07, 6.45) is 4.92. The second-order valence-corrected chi connectivity index (χ2v) is 3.84. The van der Waals surface area contributed by atoms with Crippen LogP contribution in [0.4, 0.5) is 0 Å². The van der Waals surface area contributed by atoms with Gasteiger partial charge in [0.25, 0.3) is 0 Å². The molecular weight excluding hydrogens is 168 g/mol. The summed E-state index contributed by atoms with van der Waals surface area (Å²) < 4.78 is 10.8. The fourth-order valence-electron chi connectivity index (χ4n) is 1.78. The van der Waals surface area contributed by atoms with Gasteiger partial charge in [-0.2, -0.15) is 0 Å². The van der Waals surface area contributed by atoms with Gasteiger partial charge in [-0.1, -0.05) is 12.8 Å². The molecule has 78 valence electrons. The molecule has 0 heterocycles. The van der Waals surface area contributed by atoms with Crippen molar-refractivity contribution in [3.8, 4) is 0 Å². The van der Waals surface area contributed by atoms with Crippen molar-refractivity contribution in [2.24, 2.45) is 0 Å². The highest BCUT2D eigenvalue weighted by molar-refractivity contribution is 4.81. The summed E-state index contributed by atoms with van der Waals surface area (Å²) in [6.45, 7) is 3.93. The Balaban J connectivity index is 1.98. The zero-order valence-corrected chi connectivity index (χ0v) is 8.42. The maximum atomic E-state index is 8.46. The molecule has 0 amide bonds. The molecule has 0 aromatic rings. The predicted octanol–water partition coefficient (Wildman–Crippen LogP) is 1.34. The molecule has 3 heteroatoms. The lowest BCUT2D eigenvalue weighted by molar-refractivity contribution is -0.0551. The average Bonchev–Trinajstić information content (AvgIpc) is 2.53. The van der Waals surface area contributed by atoms with E-state index in [-0.39, 0.29) is 12.2 Å². The smallest absolute Gasteiger partial charge is 0.0707 e. The quantitative estimate of drug-likeness (QED) is 0.639. The van der Waals surface area contributed by atoms with Crippen molar-refractivity contribution in [2.45, 2.75) is 38.2 Å². The van der Waals surface area contributed by atoms with Gasteiger partial charge in [-0.05, 0) is 19.8 Å². The Morgan fingerprint density at radius 2 is 1.85 bits per heavy atom. The second kappa shape index (κ2) is 5.58. The molecule has 0 bridgehead atoms. The van der Waals surface area contributed by atoms with E-state index in [1.54, 1.807) is 0 Å². The van der Waals surface area contributed by atoms with Crippen LogP contribution in [-0.2, 0) is 9.47 Å². The van der Waals surface area contributed by atoms with Gasteiger partial charge in [0.2, 0.25) is 0 Å². The first-order valence-corrected chi connectivity index (χ1v) is 5.09. The summed E-state index contributed by atoms with van der Waals surface area (Å²) in [5.74, 6) is 0. The third-order valence-electron chi connectivity index (χ3n) is 2.58. The van der Waals surface area contributed by atoms with Crippen LogP contribution < -0.4 is 0 Å². The maximum Gasteiger partial charge on any atom is 0.0707 e. The van der Waals surface area contributed by atoms with Crippen LogP contribution in [0.25, 0.3) is 0 Å². The highest BCUT2D eigenvalue weighted by Crippen LogP contribution is 2.32. The highest BCUT2D eigenvalue weighted by atomic mass is 16.5. The van der Waals surface area contributed by atoms with Crippen molar-refractivity contribution in [1.82, 2.24) is 0 Å². The molecule has 0 saturated heterocycles. The van der Waals surface area contributed by atoms with Gasteiger partial charge in [0, 0.05) is 0 Å². The van der Waals surface area contributed by atoms with E-state index < -0.39 is 0 Å². The van der Waals surface area contributed by atoms with E-state index in [0.29, 0.717) is 19.8 Å². The lowest BCUT2D eigenvalue weighted by atomic mass is 10.1. The van der Waals surface area contributed by atoms with Crippen LogP contribution in [0, 0.1) is 0 Å². The zero-order valence-electron chi connectivity index (χ0n) is 8.42. The Morgan fingerprint density at radius 3 is 2.46 bits per heavy atom. The molecule has 1 rings (SSSR count). The summed E-state index contributed by atoms with van der Waals surface area (Å²) in [5, 5.41) is 8.46. The molecule has 0 atom stereocenters. The van der Waals surface area contributed by atoms with E-state index in [4.69, 9.17) is 14.6 Å². The van der Waals surface area contributed by atoms with E-state index >= 15 is 0 Å². The van der Waals surface area contributed by atoms with Gasteiger partial charge in [0.05, 0.1) is 32.0 Å². The zero-order chi connectivity index (χ0) is 9.57. The Kier molecular flexibility index (Phi) is 4.70. The second-order valence-electron chi connectivity index (χ2n) is 3.84. The van der Waals surface area contributed by atoms with Gasteiger partial charge in [0.15, 0.2) is 0 Å². The normalized spacial score (nSPS) is 20.8. The SMILES string of the molecule is CC1(OCCOCCO)CCCC1. The van der Waals surface area contributed by atoms with Crippen LogP contribution >= 0.6 is 0 Å². The monoisotopic (exact) mass is 188 g/mol. The van der Waals surface area contributed by atoms with Gasteiger partial charge in [-0.25, -0.2) is 0 Å². The Bertz CT molecular complexity index is 130. The van der Waals surface area contributed by atoms with Crippen molar-refractivity contribution < 1.29 is 14.6 Å². The molecule has 13 heavy (non-hydrogen) atoms. The maximum absolute atomic E-state index is 8.46. The molecule has 0 aliphatic heterocycles. The number of aliphatic hydroxyl groups is 1. The third-order valence-corrected chi connectivity index (χ3v) is 2.58. The van der Waals surface area contributed by atoms with E-state index in [1.807, 2.05) is 0 Å². The van der Waals surface area contributed by atoms with E-state index in [2.05, 4.69) is 6.92 Å². The van der Waals surface area contributed by atoms with Crippen LogP contribution in [0.1, 0.15) is 32.6 Å². The van der Waals surface area contributed by atoms with Gasteiger partial charge in [-0.3, -0.25) is 0 Å². The molecule has 1 N–H and O–H groups in total. The summed E-state index contributed by atoms with van der Waals surface area (Å²) in [6, 6.07) is 0. The molecule has 0 aromatic heterocycles. The van der Waals surface area contributed by atoms with Gasteiger partial charge >= 0.3 is 0 Å². The topological polar surface area (TPSA) is 38.7 Å². The summed E-state index contributed by atoms with van der Waals surface area (Å²) >= 11 is 0. The van der Waals surface area contributed by atoms with Gasteiger partial charge in [0.1, 0.15) is 0 Å². The average molecular weight is 188 g/mol. The predicted molar refractivity (Wildman–Crippen MR) is 50.7 cm³/mol. The molecule has 0 aromatic carbocycles. The number of ether oxygens (including phenoxy) is 2. The minimum Gasteiger partial charge on any atom is -0.394 e. The molecule has 1 saturated carbocycles. The molecule has 1 aliphatic rings. The molecule has 0 radical (unpaired) electrons. The van der Waals surface area contributed by atoms with Crippen LogP contribution in [0.2, 0.25) is 0 Å². The van der Waals surface area contributed by atoms with E-state index in [1.165, 1.54) is 25.7 Å². The fraction of sp³-hybridized carbons (Fsp3) is 1.00. The molecule has 1 fully saturated rings. The first kappa shape index (κ1) is 11.0. The minimum absolute atomic E-state index is 0.0945. The summed E-state index contributed by atoms with van der Waals surface area (Å²) in [4.78, 5) is 0. The van der Waals surface area contributed by atoms with E-state index in [0.717, 1.165) is 0 Å². The van der Waals surface area contributed by atoms with Crippen molar-refractivity contribution >= 4 is 0 Å². The summed E-state index contributed by atoms with van der Waals surface area (Å²) in [7, 11) is 0. The Morgan fingerprint density at radius 1 is 1.15 bits per heavy atom. The highest BCUT2D eigenvalue weighted by Gasteiger charge is 2.28. The van der Waals surface area contributed by atoms with Crippen molar-refractivity contribution in [3.05, 3.63) is 0 Å². The van der Waals surface area contributed by atoms with Crippen molar-refractivity contribution in [2.75, 3.05) is 26.4 Å². The first-order chi connectivity index (χ1) is 6.27. The number of hydrogen-bond acceptors (Lipinski definition) is 3. The van der Waals surface area contributed by atoms with Crippen LogP contribution in [0.5, 0.6) is 0 Å². The first-order valence-electron chi connectivity index (χ1n) is 5.09. The number of rotatable bonds is 6.